The van der Waals surface area contributed by atoms with Gasteiger partial charge >= 0.3 is 0 Å². The van der Waals surface area contributed by atoms with Crippen molar-refractivity contribution in [1.82, 2.24) is 10.2 Å². The minimum atomic E-state index is -0.319. The van der Waals surface area contributed by atoms with Gasteiger partial charge in [0.05, 0.1) is 6.61 Å². The molecule has 1 aromatic carbocycles. The van der Waals surface area contributed by atoms with Crippen LogP contribution >= 0.6 is 12.6 Å². The highest BCUT2D eigenvalue weighted by Crippen LogP contribution is 2.13. The van der Waals surface area contributed by atoms with Gasteiger partial charge in [-0.15, -0.1) is 6.58 Å². The van der Waals surface area contributed by atoms with Gasteiger partial charge in [0.2, 0.25) is 0 Å². The molecule has 0 saturated carbocycles. The average Bonchev–Trinajstić information content (AvgIpc) is 2.53. The minimum absolute atomic E-state index is 0.319. The second-order valence-electron chi connectivity index (χ2n) is 5.62. The normalized spacial score (nSPS) is 10.6. The smallest absolute Gasteiger partial charge is 0.276 e. The zero-order valence-corrected chi connectivity index (χ0v) is 14.9. The molecule has 0 spiro atoms. The standard InChI is InChI=1S/C18H28N2O2S/c1-3-12-20(2)13-6-4-5-7-14-22-17-10-8-16(9-11-17)15-19-18(21)23/h3,8-11H,1,4-7,12-15H2,2H3,(H2,19,21,23). The van der Waals surface area contributed by atoms with Crippen LogP contribution in [0.5, 0.6) is 5.75 Å². The summed E-state index contributed by atoms with van der Waals surface area (Å²) >= 11 is 3.67. The van der Waals surface area contributed by atoms with Crippen LogP contribution in [0.1, 0.15) is 31.2 Å². The maximum absolute atomic E-state index is 10.7. The second kappa shape index (κ2) is 12.0. The van der Waals surface area contributed by atoms with Crippen LogP contribution in [0, 0.1) is 0 Å². The third kappa shape index (κ3) is 10.0. The molecule has 0 heterocycles. The van der Waals surface area contributed by atoms with Crippen molar-refractivity contribution in [1.29, 1.82) is 0 Å². The second-order valence-corrected chi connectivity index (χ2v) is 6.02. The fourth-order valence-electron chi connectivity index (χ4n) is 2.22. The third-order valence-electron chi connectivity index (χ3n) is 3.51. The maximum atomic E-state index is 10.7. The molecule has 4 nitrogen and oxygen atoms in total. The lowest BCUT2D eigenvalue weighted by atomic mass is 10.2. The van der Waals surface area contributed by atoms with Crippen molar-refractivity contribution in [2.24, 2.45) is 0 Å². The number of rotatable bonds is 12. The van der Waals surface area contributed by atoms with E-state index in [1.165, 1.54) is 19.3 Å². The van der Waals surface area contributed by atoms with E-state index in [2.05, 4.69) is 36.5 Å². The number of hydrogen-bond acceptors (Lipinski definition) is 3. The first kappa shape index (κ1) is 19.6. The van der Waals surface area contributed by atoms with Crippen LogP contribution < -0.4 is 10.1 Å². The number of carbonyl (C=O) groups excluding carboxylic acids is 1. The molecular formula is C18H28N2O2S. The van der Waals surface area contributed by atoms with Crippen molar-refractivity contribution in [3.05, 3.63) is 42.5 Å². The lowest BCUT2D eigenvalue weighted by Crippen LogP contribution is -2.19. The Morgan fingerprint density at radius 1 is 1.26 bits per heavy atom. The lowest BCUT2D eigenvalue weighted by Gasteiger charge is -2.13. The SMILES string of the molecule is C=CCN(C)CCCCCCOc1ccc(CNC(=O)S)cc1. The average molecular weight is 337 g/mol. The predicted molar refractivity (Wildman–Crippen MR) is 99.3 cm³/mol. The Kier molecular flexibility index (Phi) is 10.2. The Morgan fingerprint density at radius 3 is 2.61 bits per heavy atom. The summed E-state index contributed by atoms with van der Waals surface area (Å²) in [6.07, 6.45) is 6.64. The van der Waals surface area contributed by atoms with Crippen LogP contribution in [-0.4, -0.2) is 36.9 Å². The molecule has 0 unspecified atom stereocenters. The molecule has 0 fully saturated rings. The van der Waals surface area contributed by atoms with E-state index in [4.69, 9.17) is 4.74 Å². The van der Waals surface area contributed by atoms with E-state index >= 15 is 0 Å². The summed E-state index contributed by atoms with van der Waals surface area (Å²) in [5.41, 5.74) is 1.03. The van der Waals surface area contributed by atoms with Gasteiger partial charge in [-0.25, -0.2) is 0 Å². The Morgan fingerprint density at radius 2 is 1.96 bits per heavy atom. The number of amides is 1. The van der Waals surface area contributed by atoms with E-state index in [1.54, 1.807) is 0 Å². The molecular weight excluding hydrogens is 308 g/mol. The monoisotopic (exact) mass is 336 g/mol. The van der Waals surface area contributed by atoms with Crippen molar-refractivity contribution < 1.29 is 9.53 Å². The Hall–Kier alpha value is -1.46. The van der Waals surface area contributed by atoms with Crippen LogP contribution in [0.2, 0.25) is 0 Å². The molecule has 1 amide bonds. The quantitative estimate of drug-likeness (QED) is 0.346. The summed E-state index contributed by atoms with van der Waals surface area (Å²) < 4.78 is 5.73. The van der Waals surface area contributed by atoms with Gasteiger partial charge in [-0.2, -0.15) is 0 Å². The van der Waals surface area contributed by atoms with Gasteiger partial charge < -0.3 is 15.0 Å². The Balaban J connectivity index is 2.07. The number of unbranched alkanes of at least 4 members (excludes halogenated alkanes) is 3. The van der Waals surface area contributed by atoms with Gasteiger partial charge in [0.25, 0.3) is 5.24 Å². The summed E-state index contributed by atoms with van der Waals surface area (Å²) in [5.74, 6) is 0.872. The molecule has 1 aromatic rings. The first-order chi connectivity index (χ1) is 11.1. The van der Waals surface area contributed by atoms with Gasteiger partial charge in [-0.1, -0.05) is 43.7 Å². The highest BCUT2D eigenvalue weighted by atomic mass is 32.1. The maximum Gasteiger partial charge on any atom is 0.276 e. The van der Waals surface area contributed by atoms with Crippen LogP contribution in [-0.2, 0) is 6.54 Å². The van der Waals surface area contributed by atoms with E-state index < -0.39 is 0 Å². The van der Waals surface area contributed by atoms with Crippen molar-refractivity contribution in [2.45, 2.75) is 32.2 Å². The molecule has 0 saturated heterocycles. The molecule has 0 bridgehead atoms. The molecule has 23 heavy (non-hydrogen) atoms. The van der Waals surface area contributed by atoms with Gasteiger partial charge in [0.15, 0.2) is 0 Å². The van der Waals surface area contributed by atoms with Gasteiger partial charge in [0.1, 0.15) is 5.75 Å². The molecule has 1 N–H and O–H groups in total. The fourth-order valence-corrected chi connectivity index (χ4v) is 2.30. The summed E-state index contributed by atoms with van der Waals surface area (Å²) in [7, 11) is 2.12. The highest BCUT2D eigenvalue weighted by Gasteiger charge is 1.98. The van der Waals surface area contributed by atoms with Crippen LogP contribution in [0.15, 0.2) is 36.9 Å². The Bertz CT molecular complexity index is 463. The van der Waals surface area contributed by atoms with Crippen molar-refractivity contribution in [2.75, 3.05) is 26.7 Å². The minimum Gasteiger partial charge on any atom is -0.494 e. The van der Waals surface area contributed by atoms with Gasteiger partial charge in [-0.3, -0.25) is 4.79 Å². The number of likely N-dealkylation sites (N-methyl/N-ethyl adjacent to an activating group) is 1. The zero-order chi connectivity index (χ0) is 16.9. The summed E-state index contributed by atoms with van der Waals surface area (Å²) in [6, 6.07) is 7.78. The molecule has 5 heteroatoms. The lowest BCUT2D eigenvalue weighted by molar-refractivity contribution is 0.260. The zero-order valence-electron chi connectivity index (χ0n) is 14.0. The van der Waals surface area contributed by atoms with Crippen LogP contribution in [0.25, 0.3) is 0 Å². The molecule has 0 aliphatic carbocycles. The molecule has 0 radical (unpaired) electrons. The molecule has 1 rings (SSSR count). The molecule has 0 aliphatic rings. The topological polar surface area (TPSA) is 41.6 Å². The summed E-state index contributed by atoms with van der Waals surface area (Å²) in [6.45, 7) is 7.05. The first-order valence-corrected chi connectivity index (χ1v) is 8.54. The van der Waals surface area contributed by atoms with Crippen molar-refractivity contribution >= 4 is 17.9 Å². The molecule has 128 valence electrons. The summed E-state index contributed by atoms with van der Waals surface area (Å²) in [5, 5.41) is 2.33. The van der Waals surface area contributed by atoms with Crippen molar-refractivity contribution in [3.8, 4) is 5.75 Å². The Labute approximate surface area is 145 Å². The number of nitrogens with zero attached hydrogens (tertiary/aromatic N) is 1. The number of nitrogens with one attached hydrogen (secondary N) is 1. The van der Waals surface area contributed by atoms with Crippen LogP contribution in [0.3, 0.4) is 0 Å². The van der Waals surface area contributed by atoms with E-state index in [1.807, 2.05) is 30.3 Å². The van der Waals surface area contributed by atoms with E-state index in [-0.39, 0.29) is 5.24 Å². The number of carbonyl (C=O) groups is 1. The summed E-state index contributed by atoms with van der Waals surface area (Å²) in [4.78, 5) is 13.0. The van der Waals surface area contributed by atoms with Gasteiger partial charge in [-0.05, 0) is 44.1 Å². The van der Waals surface area contributed by atoms with E-state index in [9.17, 15) is 4.79 Å². The predicted octanol–water partition coefficient (Wildman–Crippen LogP) is 3.88. The first-order valence-electron chi connectivity index (χ1n) is 8.10. The number of thiol groups is 1. The largest absolute Gasteiger partial charge is 0.494 e. The van der Waals surface area contributed by atoms with Gasteiger partial charge in [0, 0.05) is 13.1 Å². The van der Waals surface area contributed by atoms with E-state index in [0.717, 1.165) is 37.4 Å². The van der Waals surface area contributed by atoms with E-state index in [0.29, 0.717) is 6.54 Å². The molecule has 0 aromatic heterocycles. The third-order valence-corrected chi connectivity index (χ3v) is 3.67. The van der Waals surface area contributed by atoms with Crippen LogP contribution in [0.4, 0.5) is 4.79 Å². The molecule has 0 atom stereocenters. The molecule has 0 aliphatic heterocycles. The van der Waals surface area contributed by atoms with Crippen molar-refractivity contribution in [3.63, 3.8) is 0 Å². The number of benzene rings is 1. The number of ether oxygens (including phenoxy) is 1. The fraction of sp³-hybridized carbons (Fsp3) is 0.500. The highest BCUT2D eigenvalue weighted by molar-refractivity contribution is 7.96. The number of hydrogen-bond donors (Lipinski definition) is 2.